The van der Waals surface area contributed by atoms with Crippen LogP contribution in [0.1, 0.15) is 40.5 Å². The van der Waals surface area contributed by atoms with Crippen LogP contribution in [-0.4, -0.2) is 58.6 Å². The van der Waals surface area contributed by atoms with Crippen molar-refractivity contribution in [2.24, 2.45) is 0 Å². The van der Waals surface area contributed by atoms with E-state index in [1.807, 2.05) is 52.1 Å². The molecule has 2 saturated heterocycles. The number of hydrogen-bond acceptors (Lipinski definition) is 5. The van der Waals surface area contributed by atoms with Gasteiger partial charge < -0.3 is 24.1 Å². The molecule has 2 aliphatic heterocycles. The first kappa shape index (κ1) is 20.0. The fraction of sp³-hybridized carbons (Fsp3) is 0.524. The minimum atomic E-state index is -0.875. The highest BCUT2D eigenvalue weighted by atomic mass is 16.7. The molecule has 1 amide bonds. The summed E-state index contributed by atoms with van der Waals surface area (Å²) in [5.74, 6) is 0.718. The largest absolute Gasteiger partial charge is 0.499 e. The van der Waals surface area contributed by atoms with Crippen molar-refractivity contribution < 1.29 is 23.9 Å². The quantitative estimate of drug-likeness (QED) is 0.801. The molecule has 0 saturated carbocycles. The number of piperidine rings is 1. The lowest BCUT2D eigenvalue weighted by Gasteiger charge is -2.32. The molecule has 0 unspecified atom stereocenters. The molecule has 2 fully saturated rings. The molecule has 8 heteroatoms. The van der Waals surface area contributed by atoms with Gasteiger partial charge in [0.2, 0.25) is 0 Å². The van der Waals surface area contributed by atoms with Crippen LogP contribution in [0.3, 0.4) is 0 Å². The summed E-state index contributed by atoms with van der Waals surface area (Å²) in [5.41, 5.74) is -0.0577. The summed E-state index contributed by atoms with van der Waals surface area (Å²) in [4.78, 5) is 16.8. The third-order valence-electron chi connectivity index (χ3n) is 6.32. The van der Waals surface area contributed by atoms with E-state index in [9.17, 15) is 4.79 Å². The molecule has 3 heterocycles. The second-order valence-electron chi connectivity index (χ2n) is 8.75. The summed E-state index contributed by atoms with van der Waals surface area (Å²) in [6, 6.07) is 5.88. The maximum Gasteiger partial charge on any atom is 0.499 e. The Morgan fingerprint density at radius 3 is 2.45 bits per heavy atom. The summed E-state index contributed by atoms with van der Waals surface area (Å²) >= 11 is 0. The summed E-state index contributed by atoms with van der Waals surface area (Å²) < 4.78 is 19.0. The first-order chi connectivity index (χ1) is 13.7. The van der Waals surface area contributed by atoms with Gasteiger partial charge in [0.1, 0.15) is 11.9 Å². The van der Waals surface area contributed by atoms with E-state index in [-0.39, 0.29) is 6.10 Å². The van der Waals surface area contributed by atoms with Crippen LogP contribution in [0.2, 0.25) is 0 Å². The van der Waals surface area contributed by atoms with Gasteiger partial charge in [0.25, 0.3) is 0 Å². The van der Waals surface area contributed by atoms with E-state index in [1.165, 1.54) is 4.90 Å². The van der Waals surface area contributed by atoms with Gasteiger partial charge in [0.05, 0.1) is 11.2 Å². The standard InChI is InChI=1S/C21H27BN2O5/c1-20(2)21(3,4)29-22(28-20)18-16-7-10-23-13-14(16)5-6-17(18)27-15-8-11-24(12-9-15)19(25)26/h5-7,10,13,15H,8-9,11-12H2,1-4H3,(H,25,26). The topological polar surface area (TPSA) is 81.1 Å². The Bertz CT molecular complexity index is 908. The van der Waals surface area contributed by atoms with Crippen LogP contribution in [0.25, 0.3) is 10.8 Å². The van der Waals surface area contributed by atoms with Crippen molar-refractivity contribution in [3.05, 3.63) is 30.6 Å². The number of amides is 1. The van der Waals surface area contributed by atoms with Gasteiger partial charge in [-0.15, -0.1) is 0 Å². The molecule has 4 rings (SSSR count). The van der Waals surface area contributed by atoms with E-state index in [2.05, 4.69) is 4.98 Å². The highest BCUT2D eigenvalue weighted by molar-refractivity contribution is 6.66. The molecule has 2 aliphatic rings. The molecule has 0 atom stereocenters. The zero-order chi connectivity index (χ0) is 20.8. The number of ether oxygens (including phenoxy) is 1. The third kappa shape index (κ3) is 3.67. The second-order valence-corrected chi connectivity index (χ2v) is 8.75. The number of carbonyl (C=O) groups is 1. The Morgan fingerprint density at radius 2 is 1.83 bits per heavy atom. The van der Waals surface area contributed by atoms with Gasteiger partial charge in [-0.2, -0.15) is 0 Å². The minimum absolute atomic E-state index is 0.0499. The fourth-order valence-corrected chi connectivity index (χ4v) is 3.82. The normalized spacial score (nSPS) is 21.5. The van der Waals surface area contributed by atoms with Crippen LogP contribution in [0, 0.1) is 0 Å². The number of hydrogen-bond donors (Lipinski definition) is 1. The average Bonchev–Trinajstić information content (AvgIpc) is 2.89. The highest BCUT2D eigenvalue weighted by Crippen LogP contribution is 2.38. The number of aromatic nitrogens is 1. The Labute approximate surface area is 171 Å². The highest BCUT2D eigenvalue weighted by Gasteiger charge is 2.53. The zero-order valence-corrected chi connectivity index (χ0v) is 17.3. The Hall–Kier alpha value is -2.32. The maximum absolute atomic E-state index is 11.2. The Kier molecular flexibility index (Phi) is 4.95. The predicted molar refractivity (Wildman–Crippen MR) is 111 cm³/mol. The summed E-state index contributed by atoms with van der Waals surface area (Å²) in [6.07, 6.45) is 3.96. The molecule has 1 N–H and O–H groups in total. The summed E-state index contributed by atoms with van der Waals surface area (Å²) in [5, 5.41) is 11.1. The lowest BCUT2D eigenvalue weighted by atomic mass is 9.75. The van der Waals surface area contributed by atoms with E-state index >= 15 is 0 Å². The van der Waals surface area contributed by atoms with Gasteiger partial charge in [-0.05, 0) is 56.7 Å². The number of nitrogens with zero attached hydrogens (tertiary/aromatic N) is 2. The molecular weight excluding hydrogens is 371 g/mol. The molecule has 7 nitrogen and oxygen atoms in total. The predicted octanol–water partition coefficient (Wildman–Crippen LogP) is 3.06. The smallest absolute Gasteiger partial charge is 0.491 e. The lowest BCUT2D eigenvalue weighted by Crippen LogP contribution is -2.42. The molecule has 2 aromatic rings. The van der Waals surface area contributed by atoms with Crippen LogP contribution in [0.5, 0.6) is 5.75 Å². The third-order valence-corrected chi connectivity index (χ3v) is 6.32. The first-order valence-corrected chi connectivity index (χ1v) is 10.0. The van der Waals surface area contributed by atoms with Gasteiger partial charge in [0, 0.05) is 43.8 Å². The van der Waals surface area contributed by atoms with E-state index < -0.39 is 24.4 Å². The monoisotopic (exact) mass is 398 g/mol. The fourth-order valence-electron chi connectivity index (χ4n) is 3.82. The van der Waals surface area contributed by atoms with E-state index in [0.717, 1.165) is 22.0 Å². The molecule has 29 heavy (non-hydrogen) atoms. The number of pyridine rings is 1. The van der Waals surface area contributed by atoms with Gasteiger partial charge in [0.15, 0.2) is 0 Å². The number of benzene rings is 1. The first-order valence-electron chi connectivity index (χ1n) is 10.0. The Morgan fingerprint density at radius 1 is 1.17 bits per heavy atom. The van der Waals surface area contributed by atoms with Crippen LogP contribution >= 0.6 is 0 Å². The van der Waals surface area contributed by atoms with Crippen molar-refractivity contribution in [1.82, 2.24) is 9.88 Å². The van der Waals surface area contributed by atoms with E-state index in [4.69, 9.17) is 19.2 Å². The van der Waals surface area contributed by atoms with Crippen molar-refractivity contribution in [3.63, 3.8) is 0 Å². The lowest BCUT2D eigenvalue weighted by molar-refractivity contribution is 0.00578. The molecule has 154 valence electrons. The van der Waals surface area contributed by atoms with Crippen LogP contribution in [-0.2, 0) is 9.31 Å². The van der Waals surface area contributed by atoms with Crippen LogP contribution in [0.15, 0.2) is 30.6 Å². The van der Waals surface area contributed by atoms with E-state index in [0.29, 0.717) is 25.9 Å². The van der Waals surface area contributed by atoms with Gasteiger partial charge >= 0.3 is 13.2 Å². The molecule has 1 aromatic heterocycles. The van der Waals surface area contributed by atoms with Crippen molar-refractivity contribution >= 4 is 29.4 Å². The number of fused-ring (bicyclic) bond motifs is 1. The number of carboxylic acid groups (broad SMARTS) is 1. The molecule has 0 radical (unpaired) electrons. The summed E-state index contributed by atoms with van der Waals surface area (Å²) in [6.45, 7) is 9.07. The van der Waals surface area contributed by atoms with Gasteiger partial charge in [-0.1, -0.05) is 0 Å². The van der Waals surface area contributed by atoms with Crippen molar-refractivity contribution in [2.75, 3.05) is 13.1 Å². The summed E-state index contributed by atoms with van der Waals surface area (Å²) in [7, 11) is -0.555. The van der Waals surface area contributed by atoms with E-state index in [1.54, 1.807) is 6.20 Å². The average molecular weight is 398 g/mol. The number of rotatable bonds is 3. The number of likely N-dealkylation sites (tertiary alicyclic amines) is 1. The van der Waals surface area contributed by atoms with Crippen LogP contribution < -0.4 is 10.2 Å². The molecule has 0 spiro atoms. The molecular formula is C21H27BN2O5. The van der Waals surface area contributed by atoms with Crippen molar-refractivity contribution in [3.8, 4) is 5.75 Å². The molecule has 0 bridgehead atoms. The zero-order valence-electron chi connectivity index (χ0n) is 17.3. The minimum Gasteiger partial charge on any atom is -0.491 e. The van der Waals surface area contributed by atoms with Crippen LogP contribution in [0.4, 0.5) is 4.79 Å². The van der Waals surface area contributed by atoms with Gasteiger partial charge in [-0.25, -0.2) is 4.79 Å². The SMILES string of the molecule is CC1(C)OB(c2c(OC3CCN(C(=O)O)CC3)ccc3cnccc23)OC1(C)C. The maximum atomic E-state index is 11.2. The molecule has 0 aliphatic carbocycles. The second kappa shape index (κ2) is 7.18. The van der Waals surface area contributed by atoms with Crippen molar-refractivity contribution in [2.45, 2.75) is 57.8 Å². The Balaban J connectivity index is 1.67. The van der Waals surface area contributed by atoms with Crippen molar-refractivity contribution in [1.29, 1.82) is 0 Å². The van der Waals surface area contributed by atoms with Gasteiger partial charge in [-0.3, -0.25) is 4.98 Å². The molecule has 1 aromatic carbocycles.